The summed E-state index contributed by atoms with van der Waals surface area (Å²) in [7, 11) is 0. The predicted molar refractivity (Wildman–Crippen MR) is 84.6 cm³/mol. The van der Waals surface area contributed by atoms with E-state index in [0.717, 1.165) is 12.3 Å². The van der Waals surface area contributed by atoms with E-state index < -0.39 is 44.7 Å². The predicted octanol–water partition coefficient (Wildman–Crippen LogP) is 2.94. The molecule has 1 heterocycles. The molecule has 0 fully saturated rings. The van der Waals surface area contributed by atoms with Crippen LogP contribution in [-0.2, 0) is 19.1 Å². The molecule has 0 radical (unpaired) electrons. The zero-order valence-electron chi connectivity index (χ0n) is 13.5. The van der Waals surface area contributed by atoms with Crippen LogP contribution >= 0.6 is 23.2 Å². The number of hydrogen-bond donors (Lipinski definition) is 0. The lowest BCUT2D eigenvalue weighted by molar-refractivity contribution is -0.164. The monoisotopic (exact) mass is 379 g/mol. The summed E-state index contributed by atoms with van der Waals surface area (Å²) < 4.78 is 23.3. The van der Waals surface area contributed by atoms with Crippen molar-refractivity contribution in [3.05, 3.63) is 28.8 Å². The lowest BCUT2D eigenvalue weighted by Gasteiger charge is -2.27. The average Bonchev–Trinajstić information content (AvgIpc) is 2.46. The molecule has 0 aliphatic rings. The lowest BCUT2D eigenvalue weighted by Crippen LogP contribution is -2.52. The Kier molecular flexibility index (Phi) is 6.30. The van der Waals surface area contributed by atoms with E-state index in [4.69, 9.17) is 32.7 Å². The molecule has 0 bridgehead atoms. The normalized spacial score (nSPS) is 13.8. The molecular weight excluding hydrogens is 364 g/mol. The molecule has 1 unspecified atom stereocenters. The van der Waals surface area contributed by atoms with Gasteiger partial charge in [0, 0.05) is 11.8 Å². The number of Topliss-reactive ketones (excluding diaryl/α,β-unsaturated/α-hetero) is 1. The molecule has 1 aromatic rings. The zero-order valence-corrected chi connectivity index (χ0v) is 15.0. The second kappa shape index (κ2) is 7.44. The number of alkyl halides is 1. The van der Waals surface area contributed by atoms with Crippen molar-refractivity contribution >= 4 is 40.9 Å². The molecule has 6 nitrogen and oxygen atoms in total. The van der Waals surface area contributed by atoms with Gasteiger partial charge in [-0.2, -0.15) is 0 Å². The fourth-order valence-corrected chi connectivity index (χ4v) is 1.90. The van der Waals surface area contributed by atoms with Crippen molar-refractivity contribution in [2.45, 2.75) is 38.2 Å². The highest BCUT2D eigenvalue weighted by Gasteiger charge is 2.55. The van der Waals surface area contributed by atoms with E-state index in [9.17, 15) is 18.8 Å². The molecule has 0 N–H and O–H groups in total. The molecule has 0 amide bonds. The highest BCUT2D eigenvalue weighted by Crippen LogP contribution is 2.28. The third-order valence-electron chi connectivity index (χ3n) is 2.61. The molecule has 0 aliphatic carbocycles. The highest BCUT2D eigenvalue weighted by molar-refractivity contribution is 6.58. The van der Waals surface area contributed by atoms with Crippen LogP contribution in [0.25, 0.3) is 0 Å². The van der Waals surface area contributed by atoms with Crippen LogP contribution in [0, 0.1) is 5.82 Å². The van der Waals surface area contributed by atoms with E-state index in [2.05, 4.69) is 4.98 Å². The molecule has 0 saturated carbocycles. The number of carbonyl (C=O) groups excluding carboxylic acids is 3. The molecule has 0 spiro atoms. The summed E-state index contributed by atoms with van der Waals surface area (Å²) in [6, 6.07) is 0.721. The minimum Gasteiger partial charge on any atom is -0.464 e. The number of rotatable bonds is 5. The Hall–Kier alpha value is -1.73. The first-order valence-electron chi connectivity index (χ1n) is 6.89. The molecule has 1 aromatic heterocycles. The summed E-state index contributed by atoms with van der Waals surface area (Å²) in [4.78, 5) is 37.7. The van der Waals surface area contributed by atoms with Crippen LogP contribution in [0.2, 0.25) is 5.15 Å². The molecule has 9 heteroatoms. The Morgan fingerprint density at radius 3 is 2.29 bits per heavy atom. The van der Waals surface area contributed by atoms with Crippen molar-refractivity contribution in [2.75, 3.05) is 6.61 Å². The number of esters is 2. The second-order valence-electron chi connectivity index (χ2n) is 5.71. The number of ketones is 1. The van der Waals surface area contributed by atoms with Crippen molar-refractivity contribution in [3.63, 3.8) is 0 Å². The van der Waals surface area contributed by atoms with Gasteiger partial charge in [0.2, 0.25) is 5.78 Å². The van der Waals surface area contributed by atoms with Crippen LogP contribution in [0.5, 0.6) is 0 Å². The number of hydrogen-bond acceptors (Lipinski definition) is 6. The summed E-state index contributed by atoms with van der Waals surface area (Å²) in [6.07, 6.45) is 0.897. The molecule has 1 rings (SSSR count). The fraction of sp³-hybridized carbons (Fsp3) is 0.467. The standard InChI is InChI=1S/C15H16Cl2FNO5/c1-5-23-12(21)15(17,13(22)24-14(2,3)4)10(20)8-6-9(18)11(16)19-7-8/h6-7H,5H2,1-4H3. The lowest BCUT2D eigenvalue weighted by atomic mass is 9.97. The van der Waals surface area contributed by atoms with Crippen LogP contribution in [0.4, 0.5) is 4.39 Å². The smallest absolute Gasteiger partial charge is 0.347 e. The number of nitrogens with zero attached hydrogens (tertiary/aromatic N) is 1. The Morgan fingerprint density at radius 2 is 1.83 bits per heavy atom. The van der Waals surface area contributed by atoms with E-state index >= 15 is 0 Å². The first kappa shape index (κ1) is 20.3. The van der Waals surface area contributed by atoms with Gasteiger partial charge in [-0.05, 0) is 33.8 Å². The Labute approximate surface area is 148 Å². The largest absolute Gasteiger partial charge is 0.464 e. The average molecular weight is 380 g/mol. The highest BCUT2D eigenvalue weighted by atomic mass is 35.5. The van der Waals surface area contributed by atoms with E-state index in [-0.39, 0.29) is 6.61 Å². The zero-order chi connectivity index (χ0) is 18.7. The van der Waals surface area contributed by atoms with Crippen LogP contribution in [0.1, 0.15) is 38.1 Å². The van der Waals surface area contributed by atoms with Gasteiger partial charge in [-0.15, -0.1) is 0 Å². The first-order chi connectivity index (χ1) is 10.9. The van der Waals surface area contributed by atoms with Crippen molar-refractivity contribution in [2.24, 2.45) is 0 Å². The number of ether oxygens (including phenoxy) is 2. The van der Waals surface area contributed by atoms with Gasteiger partial charge in [0.1, 0.15) is 5.60 Å². The maximum Gasteiger partial charge on any atom is 0.347 e. The van der Waals surface area contributed by atoms with Gasteiger partial charge in [0.15, 0.2) is 11.0 Å². The van der Waals surface area contributed by atoms with E-state index in [1.165, 1.54) is 27.7 Å². The minimum atomic E-state index is -2.81. The molecule has 0 aliphatic heterocycles. The number of aromatic nitrogens is 1. The van der Waals surface area contributed by atoms with E-state index in [1.54, 1.807) is 0 Å². The third-order valence-corrected chi connectivity index (χ3v) is 3.37. The van der Waals surface area contributed by atoms with Gasteiger partial charge in [0.25, 0.3) is 4.87 Å². The van der Waals surface area contributed by atoms with Gasteiger partial charge in [-0.1, -0.05) is 23.2 Å². The van der Waals surface area contributed by atoms with Gasteiger partial charge in [0.05, 0.1) is 6.61 Å². The van der Waals surface area contributed by atoms with Crippen molar-refractivity contribution in [1.29, 1.82) is 0 Å². The van der Waals surface area contributed by atoms with Gasteiger partial charge >= 0.3 is 11.9 Å². The molecule has 132 valence electrons. The summed E-state index contributed by atoms with van der Waals surface area (Å²) in [5.74, 6) is -4.87. The molecule has 1 atom stereocenters. The minimum absolute atomic E-state index is 0.128. The van der Waals surface area contributed by atoms with Crippen LogP contribution in [0.3, 0.4) is 0 Å². The Bertz CT molecular complexity index is 674. The number of pyridine rings is 1. The maximum absolute atomic E-state index is 13.5. The van der Waals surface area contributed by atoms with Gasteiger partial charge < -0.3 is 9.47 Å². The molecular formula is C15H16Cl2FNO5. The fourth-order valence-electron chi connectivity index (χ4n) is 1.59. The quantitative estimate of drug-likeness (QED) is 0.257. The SMILES string of the molecule is CCOC(=O)C(Cl)(C(=O)OC(C)(C)C)C(=O)c1cnc(Cl)c(F)c1. The Morgan fingerprint density at radius 1 is 1.25 bits per heavy atom. The molecule has 24 heavy (non-hydrogen) atoms. The van der Waals surface area contributed by atoms with Crippen molar-refractivity contribution in [1.82, 2.24) is 4.98 Å². The van der Waals surface area contributed by atoms with Crippen molar-refractivity contribution < 1.29 is 28.2 Å². The van der Waals surface area contributed by atoms with Crippen LogP contribution in [-0.4, -0.2) is 39.8 Å². The number of halogens is 3. The van der Waals surface area contributed by atoms with E-state index in [1.807, 2.05) is 0 Å². The first-order valence-corrected chi connectivity index (χ1v) is 7.64. The van der Waals surface area contributed by atoms with Gasteiger partial charge in [-0.3, -0.25) is 4.79 Å². The molecule has 0 saturated heterocycles. The van der Waals surface area contributed by atoms with Crippen LogP contribution < -0.4 is 0 Å². The second-order valence-corrected chi connectivity index (χ2v) is 6.63. The summed E-state index contributed by atoms with van der Waals surface area (Å²) in [6.45, 7) is 5.93. The van der Waals surface area contributed by atoms with E-state index in [0.29, 0.717) is 0 Å². The maximum atomic E-state index is 13.5. The van der Waals surface area contributed by atoms with Crippen LogP contribution in [0.15, 0.2) is 12.3 Å². The summed E-state index contributed by atoms with van der Waals surface area (Å²) in [5, 5.41) is -0.472. The summed E-state index contributed by atoms with van der Waals surface area (Å²) >= 11 is 11.5. The van der Waals surface area contributed by atoms with Gasteiger partial charge in [-0.25, -0.2) is 19.0 Å². The number of carbonyl (C=O) groups is 3. The topological polar surface area (TPSA) is 82.6 Å². The Balaban J connectivity index is 3.35. The molecule has 0 aromatic carbocycles. The summed E-state index contributed by atoms with van der Waals surface area (Å²) in [5.41, 5.74) is -1.45. The van der Waals surface area contributed by atoms with Crippen molar-refractivity contribution in [3.8, 4) is 0 Å². The third kappa shape index (κ3) is 4.42.